The first-order valence-corrected chi connectivity index (χ1v) is 6.91. The number of hydrogen-bond acceptors (Lipinski definition) is 4. The van der Waals surface area contributed by atoms with Crippen molar-refractivity contribution in [3.05, 3.63) is 34.9 Å². The standard InChI is InChI=1S/C15H24N2O2/c1-2-19-15(18)14-10-12(5-3-7-16)9-13(11-14)6-4-8-17/h9-11H,2-8,16-17H2,1H3. The lowest BCUT2D eigenvalue weighted by atomic mass is 9.99. The minimum atomic E-state index is -0.258. The van der Waals surface area contributed by atoms with E-state index in [9.17, 15) is 4.79 Å². The minimum Gasteiger partial charge on any atom is -0.462 e. The summed E-state index contributed by atoms with van der Waals surface area (Å²) in [6, 6.07) is 5.94. The molecule has 0 aliphatic carbocycles. The number of aryl methyl sites for hydroxylation is 2. The minimum absolute atomic E-state index is 0.258. The monoisotopic (exact) mass is 264 g/mol. The van der Waals surface area contributed by atoms with Gasteiger partial charge in [0.25, 0.3) is 0 Å². The maximum Gasteiger partial charge on any atom is 0.338 e. The van der Waals surface area contributed by atoms with E-state index < -0.39 is 0 Å². The molecule has 4 heteroatoms. The van der Waals surface area contributed by atoms with Crippen molar-refractivity contribution in [3.8, 4) is 0 Å². The smallest absolute Gasteiger partial charge is 0.338 e. The lowest BCUT2D eigenvalue weighted by Crippen LogP contribution is -2.08. The van der Waals surface area contributed by atoms with E-state index in [0.717, 1.165) is 36.8 Å². The van der Waals surface area contributed by atoms with Crippen molar-refractivity contribution >= 4 is 5.97 Å². The normalized spacial score (nSPS) is 10.5. The summed E-state index contributed by atoms with van der Waals surface area (Å²) in [4.78, 5) is 11.8. The van der Waals surface area contributed by atoms with Crippen molar-refractivity contribution in [3.63, 3.8) is 0 Å². The first-order chi connectivity index (χ1) is 9.21. The van der Waals surface area contributed by atoms with Gasteiger partial charge in [-0.25, -0.2) is 4.79 Å². The van der Waals surface area contributed by atoms with Crippen molar-refractivity contribution < 1.29 is 9.53 Å². The molecule has 106 valence electrons. The van der Waals surface area contributed by atoms with Gasteiger partial charge in [-0.15, -0.1) is 0 Å². The van der Waals surface area contributed by atoms with Crippen molar-refractivity contribution in [1.29, 1.82) is 0 Å². The quantitative estimate of drug-likeness (QED) is 0.700. The Balaban J connectivity index is 2.90. The van der Waals surface area contributed by atoms with E-state index in [2.05, 4.69) is 6.07 Å². The number of ether oxygens (including phenoxy) is 1. The fraction of sp³-hybridized carbons (Fsp3) is 0.533. The average molecular weight is 264 g/mol. The summed E-state index contributed by atoms with van der Waals surface area (Å²) in [5, 5.41) is 0. The van der Waals surface area contributed by atoms with Gasteiger partial charge in [-0.05, 0) is 69.0 Å². The van der Waals surface area contributed by atoms with Crippen LogP contribution in [0.15, 0.2) is 18.2 Å². The van der Waals surface area contributed by atoms with Gasteiger partial charge in [-0.3, -0.25) is 0 Å². The van der Waals surface area contributed by atoms with Gasteiger partial charge < -0.3 is 16.2 Å². The van der Waals surface area contributed by atoms with Gasteiger partial charge in [0.2, 0.25) is 0 Å². The molecular weight excluding hydrogens is 240 g/mol. The van der Waals surface area contributed by atoms with Crippen LogP contribution in [0.5, 0.6) is 0 Å². The molecule has 4 N–H and O–H groups in total. The molecule has 4 nitrogen and oxygen atoms in total. The summed E-state index contributed by atoms with van der Waals surface area (Å²) in [7, 11) is 0. The molecule has 0 radical (unpaired) electrons. The fourth-order valence-electron chi connectivity index (χ4n) is 2.00. The molecule has 0 heterocycles. The van der Waals surface area contributed by atoms with Crippen LogP contribution < -0.4 is 11.5 Å². The number of carbonyl (C=O) groups is 1. The Morgan fingerprint density at radius 3 is 2.00 bits per heavy atom. The summed E-state index contributed by atoms with van der Waals surface area (Å²) in [6.07, 6.45) is 3.62. The summed E-state index contributed by atoms with van der Waals surface area (Å²) in [5.41, 5.74) is 14.0. The lowest BCUT2D eigenvalue weighted by molar-refractivity contribution is 0.0526. The van der Waals surface area contributed by atoms with Gasteiger partial charge in [0.15, 0.2) is 0 Å². The van der Waals surface area contributed by atoms with Gasteiger partial charge in [-0.1, -0.05) is 6.07 Å². The van der Waals surface area contributed by atoms with Crippen molar-refractivity contribution in [2.24, 2.45) is 11.5 Å². The Labute approximate surface area is 115 Å². The highest BCUT2D eigenvalue weighted by molar-refractivity contribution is 5.89. The fourth-order valence-corrected chi connectivity index (χ4v) is 2.00. The lowest BCUT2D eigenvalue weighted by Gasteiger charge is -2.09. The molecule has 0 spiro atoms. The largest absolute Gasteiger partial charge is 0.462 e. The molecule has 0 bridgehead atoms. The Morgan fingerprint density at radius 2 is 1.58 bits per heavy atom. The number of esters is 1. The summed E-state index contributed by atoms with van der Waals surface area (Å²) in [6.45, 7) is 3.51. The molecule has 0 amide bonds. The van der Waals surface area contributed by atoms with Gasteiger partial charge in [-0.2, -0.15) is 0 Å². The van der Waals surface area contributed by atoms with Crippen LogP contribution in [0.3, 0.4) is 0 Å². The molecule has 1 aromatic rings. The van der Waals surface area contributed by atoms with Gasteiger partial charge >= 0.3 is 5.97 Å². The maximum absolute atomic E-state index is 11.8. The Morgan fingerprint density at radius 1 is 1.05 bits per heavy atom. The van der Waals surface area contributed by atoms with E-state index in [1.165, 1.54) is 0 Å². The third-order valence-electron chi connectivity index (χ3n) is 2.90. The van der Waals surface area contributed by atoms with E-state index in [1.807, 2.05) is 19.1 Å². The third kappa shape index (κ3) is 5.41. The van der Waals surface area contributed by atoms with Gasteiger partial charge in [0, 0.05) is 0 Å². The first-order valence-electron chi connectivity index (χ1n) is 6.91. The number of benzene rings is 1. The molecule has 0 saturated carbocycles. The summed E-state index contributed by atoms with van der Waals surface area (Å²) in [5.74, 6) is -0.258. The predicted molar refractivity (Wildman–Crippen MR) is 77.1 cm³/mol. The predicted octanol–water partition coefficient (Wildman–Crippen LogP) is 1.65. The highest BCUT2D eigenvalue weighted by Gasteiger charge is 2.09. The SMILES string of the molecule is CCOC(=O)c1cc(CCCN)cc(CCCN)c1. The van der Waals surface area contributed by atoms with E-state index in [0.29, 0.717) is 25.3 Å². The second-order valence-corrected chi connectivity index (χ2v) is 4.54. The number of rotatable bonds is 8. The molecule has 0 aromatic heterocycles. The van der Waals surface area contributed by atoms with E-state index in [-0.39, 0.29) is 5.97 Å². The zero-order chi connectivity index (χ0) is 14.1. The average Bonchev–Trinajstić information content (AvgIpc) is 2.43. The molecule has 0 aliphatic heterocycles. The van der Waals surface area contributed by atoms with Crippen molar-refractivity contribution in [2.45, 2.75) is 32.6 Å². The third-order valence-corrected chi connectivity index (χ3v) is 2.90. The second-order valence-electron chi connectivity index (χ2n) is 4.54. The van der Waals surface area contributed by atoms with Crippen molar-refractivity contribution in [1.82, 2.24) is 0 Å². The number of hydrogen-bond donors (Lipinski definition) is 2. The number of carbonyl (C=O) groups excluding carboxylic acids is 1. The van der Waals surface area contributed by atoms with Crippen LogP contribution in [-0.4, -0.2) is 25.7 Å². The topological polar surface area (TPSA) is 78.3 Å². The molecule has 1 rings (SSSR count). The highest BCUT2D eigenvalue weighted by Crippen LogP contribution is 2.15. The van der Waals surface area contributed by atoms with Crippen LogP contribution in [0.4, 0.5) is 0 Å². The molecule has 0 atom stereocenters. The molecule has 1 aromatic carbocycles. The van der Waals surface area contributed by atoms with E-state index in [1.54, 1.807) is 0 Å². The highest BCUT2D eigenvalue weighted by atomic mass is 16.5. The van der Waals surface area contributed by atoms with Gasteiger partial charge in [0.05, 0.1) is 12.2 Å². The molecule has 0 saturated heterocycles. The summed E-state index contributed by atoms with van der Waals surface area (Å²) >= 11 is 0. The van der Waals surface area contributed by atoms with Crippen LogP contribution in [0, 0.1) is 0 Å². The van der Waals surface area contributed by atoms with E-state index in [4.69, 9.17) is 16.2 Å². The Bertz CT molecular complexity index is 379. The van der Waals surface area contributed by atoms with Gasteiger partial charge in [0.1, 0.15) is 0 Å². The van der Waals surface area contributed by atoms with Crippen LogP contribution >= 0.6 is 0 Å². The molecule has 0 aliphatic rings. The first kappa shape index (κ1) is 15.7. The van der Waals surface area contributed by atoms with E-state index >= 15 is 0 Å². The van der Waals surface area contributed by atoms with Crippen molar-refractivity contribution in [2.75, 3.05) is 19.7 Å². The number of nitrogens with two attached hydrogens (primary N) is 2. The zero-order valence-electron chi connectivity index (χ0n) is 11.7. The van der Waals surface area contributed by atoms with Crippen LogP contribution in [-0.2, 0) is 17.6 Å². The van der Waals surface area contributed by atoms with Crippen LogP contribution in [0.25, 0.3) is 0 Å². The second kappa shape index (κ2) is 8.67. The molecule has 0 unspecified atom stereocenters. The Hall–Kier alpha value is -1.39. The Kier molecular flexibility index (Phi) is 7.15. The molecular formula is C15H24N2O2. The maximum atomic E-state index is 11.8. The summed E-state index contributed by atoms with van der Waals surface area (Å²) < 4.78 is 5.06. The van der Waals surface area contributed by atoms with Crippen LogP contribution in [0.1, 0.15) is 41.3 Å². The zero-order valence-corrected chi connectivity index (χ0v) is 11.7. The molecule has 19 heavy (non-hydrogen) atoms. The van der Waals surface area contributed by atoms with Crippen LogP contribution in [0.2, 0.25) is 0 Å². The molecule has 0 fully saturated rings.